The van der Waals surface area contributed by atoms with E-state index in [9.17, 15) is 0 Å². The molecule has 1 nitrogen and oxygen atoms in total. The van der Waals surface area contributed by atoms with Crippen molar-refractivity contribution in [1.29, 1.82) is 0 Å². The van der Waals surface area contributed by atoms with Crippen molar-refractivity contribution in [3.63, 3.8) is 0 Å². The molecule has 1 N–H and O–H groups in total. The predicted molar refractivity (Wildman–Crippen MR) is 79.1 cm³/mol. The van der Waals surface area contributed by atoms with Crippen molar-refractivity contribution in [3.8, 4) is 0 Å². The number of nitrogens with one attached hydrogen (secondary N) is 1. The summed E-state index contributed by atoms with van der Waals surface area (Å²) in [5.41, 5.74) is 1.36. The van der Waals surface area contributed by atoms with E-state index < -0.39 is 0 Å². The van der Waals surface area contributed by atoms with E-state index in [1.54, 1.807) is 0 Å². The highest BCUT2D eigenvalue weighted by atomic mass is 35.5. The van der Waals surface area contributed by atoms with E-state index in [2.05, 4.69) is 31.3 Å². The Kier molecular flexibility index (Phi) is 7.74. The van der Waals surface area contributed by atoms with Crippen LogP contribution in [0.1, 0.15) is 38.7 Å². The molecule has 0 aliphatic carbocycles. The first-order valence-corrected chi connectivity index (χ1v) is 7.76. The van der Waals surface area contributed by atoms with Crippen LogP contribution >= 0.6 is 23.4 Å². The quantitative estimate of drug-likeness (QED) is 0.542. The molecule has 0 aromatic heterocycles. The number of rotatable bonds is 8. The Balaban J connectivity index is 2.59. The number of hydrogen-bond donors (Lipinski definition) is 1. The van der Waals surface area contributed by atoms with Gasteiger partial charge in [-0.3, -0.25) is 0 Å². The Morgan fingerprint density at radius 2 is 2.06 bits per heavy atom. The second-order valence-electron chi connectivity index (χ2n) is 4.13. The second kappa shape index (κ2) is 8.84. The van der Waals surface area contributed by atoms with Gasteiger partial charge in [0.05, 0.1) is 0 Å². The maximum Gasteiger partial charge on any atom is 0.0417 e. The van der Waals surface area contributed by atoms with E-state index in [0.717, 1.165) is 18.1 Å². The molecular formula is C14H22ClNS. The Hall–Kier alpha value is -0.180. The minimum Gasteiger partial charge on any atom is -0.313 e. The van der Waals surface area contributed by atoms with Gasteiger partial charge in [0, 0.05) is 16.5 Å². The standard InChI is InChI=1S/C14H22ClNS/c1-3-5-9-17-14-10-13(15)7-6-12(14)11-16-8-4-2/h6-7,10,16H,3-5,8-9,11H2,1-2H3. The summed E-state index contributed by atoms with van der Waals surface area (Å²) in [5.74, 6) is 1.18. The molecule has 1 aromatic carbocycles. The third kappa shape index (κ3) is 5.80. The molecule has 0 unspecified atom stereocenters. The zero-order valence-electron chi connectivity index (χ0n) is 10.8. The largest absolute Gasteiger partial charge is 0.313 e. The summed E-state index contributed by atoms with van der Waals surface area (Å²) >= 11 is 7.98. The molecule has 96 valence electrons. The lowest BCUT2D eigenvalue weighted by molar-refractivity contribution is 0.669. The number of benzene rings is 1. The molecule has 0 heterocycles. The highest BCUT2D eigenvalue weighted by molar-refractivity contribution is 7.99. The molecule has 3 heteroatoms. The molecule has 0 spiro atoms. The summed E-state index contributed by atoms with van der Waals surface area (Å²) in [6.07, 6.45) is 3.68. The Labute approximate surface area is 114 Å². The van der Waals surface area contributed by atoms with E-state index in [-0.39, 0.29) is 0 Å². The van der Waals surface area contributed by atoms with Gasteiger partial charge in [-0.2, -0.15) is 0 Å². The van der Waals surface area contributed by atoms with Gasteiger partial charge in [-0.25, -0.2) is 0 Å². The normalized spacial score (nSPS) is 10.8. The summed E-state index contributed by atoms with van der Waals surface area (Å²) in [4.78, 5) is 1.33. The second-order valence-corrected chi connectivity index (χ2v) is 5.70. The Morgan fingerprint density at radius 3 is 2.76 bits per heavy atom. The average Bonchev–Trinajstić information content (AvgIpc) is 2.32. The SMILES string of the molecule is CCCCSc1cc(Cl)ccc1CNCCC. The third-order valence-electron chi connectivity index (χ3n) is 2.53. The van der Waals surface area contributed by atoms with E-state index in [0.29, 0.717) is 0 Å². The average molecular weight is 272 g/mol. The van der Waals surface area contributed by atoms with Gasteiger partial charge < -0.3 is 5.32 Å². The van der Waals surface area contributed by atoms with Crippen LogP contribution < -0.4 is 5.32 Å². The molecule has 0 amide bonds. The lowest BCUT2D eigenvalue weighted by Crippen LogP contribution is -2.14. The van der Waals surface area contributed by atoms with Crippen LogP contribution in [0.3, 0.4) is 0 Å². The summed E-state index contributed by atoms with van der Waals surface area (Å²) < 4.78 is 0. The van der Waals surface area contributed by atoms with Crippen LogP contribution in [0.2, 0.25) is 5.02 Å². The lowest BCUT2D eigenvalue weighted by Gasteiger charge is -2.10. The number of hydrogen-bond acceptors (Lipinski definition) is 2. The molecule has 0 aliphatic rings. The van der Waals surface area contributed by atoms with Crippen molar-refractivity contribution in [2.45, 2.75) is 44.6 Å². The maximum absolute atomic E-state index is 6.06. The molecule has 0 bridgehead atoms. The first-order valence-electron chi connectivity index (χ1n) is 6.39. The predicted octanol–water partition coefficient (Wildman–Crippen LogP) is 4.73. The van der Waals surface area contributed by atoms with E-state index >= 15 is 0 Å². The molecule has 0 saturated carbocycles. The third-order valence-corrected chi connectivity index (χ3v) is 3.95. The molecule has 17 heavy (non-hydrogen) atoms. The van der Waals surface area contributed by atoms with Gasteiger partial charge in [0.15, 0.2) is 0 Å². The Morgan fingerprint density at radius 1 is 1.24 bits per heavy atom. The summed E-state index contributed by atoms with van der Waals surface area (Å²) in [6.45, 7) is 6.43. The van der Waals surface area contributed by atoms with Crippen LogP contribution in [-0.4, -0.2) is 12.3 Å². The van der Waals surface area contributed by atoms with E-state index in [4.69, 9.17) is 11.6 Å². The van der Waals surface area contributed by atoms with Gasteiger partial charge in [0.1, 0.15) is 0 Å². The highest BCUT2D eigenvalue weighted by Gasteiger charge is 2.03. The van der Waals surface area contributed by atoms with Gasteiger partial charge in [-0.1, -0.05) is 37.9 Å². The Bertz CT molecular complexity index is 328. The van der Waals surface area contributed by atoms with Gasteiger partial charge >= 0.3 is 0 Å². The fourth-order valence-electron chi connectivity index (χ4n) is 1.54. The van der Waals surface area contributed by atoms with Crippen molar-refractivity contribution in [2.24, 2.45) is 0 Å². The lowest BCUT2D eigenvalue weighted by atomic mass is 10.2. The van der Waals surface area contributed by atoms with Crippen molar-refractivity contribution in [3.05, 3.63) is 28.8 Å². The van der Waals surface area contributed by atoms with Crippen molar-refractivity contribution < 1.29 is 0 Å². The number of thioether (sulfide) groups is 1. The van der Waals surface area contributed by atoms with Crippen molar-refractivity contribution >= 4 is 23.4 Å². The molecule has 0 aliphatic heterocycles. The van der Waals surface area contributed by atoms with Crippen LogP contribution in [0, 0.1) is 0 Å². The fourth-order valence-corrected chi connectivity index (χ4v) is 2.96. The van der Waals surface area contributed by atoms with Gasteiger partial charge in [0.25, 0.3) is 0 Å². The fraction of sp³-hybridized carbons (Fsp3) is 0.571. The molecule has 1 aromatic rings. The van der Waals surface area contributed by atoms with Crippen LogP contribution in [0.15, 0.2) is 23.1 Å². The zero-order chi connectivity index (χ0) is 12.5. The summed E-state index contributed by atoms with van der Waals surface area (Å²) in [5, 5.41) is 4.28. The minimum atomic E-state index is 0.836. The smallest absolute Gasteiger partial charge is 0.0417 e. The topological polar surface area (TPSA) is 12.0 Å². The zero-order valence-corrected chi connectivity index (χ0v) is 12.3. The van der Waals surface area contributed by atoms with Crippen molar-refractivity contribution in [2.75, 3.05) is 12.3 Å². The van der Waals surface area contributed by atoms with E-state index in [1.807, 2.05) is 17.8 Å². The molecule has 1 rings (SSSR count). The van der Waals surface area contributed by atoms with Gasteiger partial charge in [-0.15, -0.1) is 11.8 Å². The molecular weight excluding hydrogens is 250 g/mol. The van der Waals surface area contributed by atoms with Crippen LogP contribution in [0.4, 0.5) is 0 Å². The maximum atomic E-state index is 6.06. The van der Waals surface area contributed by atoms with Crippen molar-refractivity contribution in [1.82, 2.24) is 5.32 Å². The highest BCUT2D eigenvalue weighted by Crippen LogP contribution is 2.27. The first kappa shape index (κ1) is 14.9. The van der Waals surface area contributed by atoms with Crippen LogP contribution in [0.25, 0.3) is 0 Å². The number of unbranched alkanes of at least 4 members (excludes halogenated alkanes) is 1. The van der Waals surface area contributed by atoms with Crippen LogP contribution in [0.5, 0.6) is 0 Å². The molecule has 0 radical (unpaired) electrons. The van der Waals surface area contributed by atoms with Crippen LogP contribution in [-0.2, 0) is 6.54 Å². The minimum absolute atomic E-state index is 0.836. The first-order chi connectivity index (χ1) is 8.27. The summed E-state index contributed by atoms with van der Waals surface area (Å²) in [6, 6.07) is 6.21. The molecule has 0 atom stereocenters. The molecule has 0 saturated heterocycles. The number of halogens is 1. The van der Waals surface area contributed by atoms with Gasteiger partial charge in [0.2, 0.25) is 0 Å². The monoisotopic (exact) mass is 271 g/mol. The van der Waals surface area contributed by atoms with Gasteiger partial charge in [-0.05, 0) is 42.8 Å². The van der Waals surface area contributed by atoms with E-state index in [1.165, 1.54) is 35.5 Å². The summed E-state index contributed by atoms with van der Waals surface area (Å²) in [7, 11) is 0. The molecule has 0 fully saturated rings.